The van der Waals surface area contributed by atoms with Crippen molar-refractivity contribution < 1.29 is 33.6 Å². The third-order valence-electron chi connectivity index (χ3n) is 10.9. The van der Waals surface area contributed by atoms with E-state index in [0.717, 1.165) is 25.7 Å². The number of ketones is 2. The Labute approximate surface area is 207 Å². The lowest BCUT2D eigenvalue weighted by molar-refractivity contribution is -0.265. The molecule has 2 saturated heterocycles. The van der Waals surface area contributed by atoms with E-state index in [1.54, 1.807) is 7.11 Å². The van der Waals surface area contributed by atoms with Crippen LogP contribution in [0.2, 0.25) is 0 Å². The first-order valence-corrected chi connectivity index (χ1v) is 13.5. The highest BCUT2D eigenvalue weighted by Crippen LogP contribution is 2.67. The number of aliphatic hydroxyl groups excluding tert-OH is 1. The largest absolute Gasteiger partial charge is 0.388 e. The Hall–Kier alpha value is -1.12. The van der Waals surface area contributed by atoms with Gasteiger partial charge in [0.2, 0.25) is 0 Å². The smallest absolute Gasteiger partial charge is 0.166 e. The van der Waals surface area contributed by atoms with Crippen LogP contribution < -0.4 is 0 Å². The SMILES string of the molecule is CO[C@@H]1CC(O[C@H]2CC[C@@]3(C)C(=CC[C@H]4[C@H]5C(=O)C[C@H]6[C@H](C)O[C@@H](C(=O)[C@@H]43)[C@@]56C)C2)O[C@H](C)[C@@H]1O. The summed E-state index contributed by atoms with van der Waals surface area (Å²) in [5.41, 5.74) is 0.668. The molecule has 3 saturated carbocycles. The van der Waals surface area contributed by atoms with Gasteiger partial charge in [-0.1, -0.05) is 25.5 Å². The van der Waals surface area contributed by atoms with Crippen LogP contribution in [0.1, 0.15) is 66.2 Å². The van der Waals surface area contributed by atoms with E-state index in [1.807, 2.05) is 13.8 Å². The number of carbonyl (C=O) groups is 2. The summed E-state index contributed by atoms with van der Waals surface area (Å²) in [4.78, 5) is 27.4. The number of carbonyl (C=O) groups excluding carboxylic acids is 2. The van der Waals surface area contributed by atoms with Crippen molar-refractivity contribution in [2.75, 3.05) is 7.11 Å². The fourth-order valence-corrected chi connectivity index (χ4v) is 9.14. The minimum absolute atomic E-state index is 0.0000260. The maximum atomic E-state index is 14.1. The zero-order chi connectivity index (χ0) is 24.9. The van der Waals surface area contributed by atoms with Crippen molar-refractivity contribution in [1.82, 2.24) is 0 Å². The first-order valence-electron chi connectivity index (χ1n) is 13.5. The van der Waals surface area contributed by atoms with Gasteiger partial charge in [-0.05, 0) is 50.9 Å². The fraction of sp³-hybridized carbons (Fsp3) is 0.857. The third kappa shape index (κ3) is 3.27. The highest BCUT2D eigenvalue weighted by atomic mass is 16.7. The Bertz CT molecular complexity index is 946. The van der Waals surface area contributed by atoms with Crippen molar-refractivity contribution in [2.24, 2.45) is 34.5 Å². The average Bonchev–Trinajstić information content (AvgIpc) is 3.23. The summed E-state index contributed by atoms with van der Waals surface area (Å²) in [5.74, 6) is 0.557. The van der Waals surface area contributed by atoms with E-state index in [1.165, 1.54) is 5.57 Å². The van der Waals surface area contributed by atoms with Gasteiger partial charge in [-0.2, -0.15) is 0 Å². The van der Waals surface area contributed by atoms with Crippen LogP contribution in [0.4, 0.5) is 0 Å². The molecule has 35 heavy (non-hydrogen) atoms. The van der Waals surface area contributed by atoms with Gasteiger partial charge in [0.25, 0.3) is 0 Å². The van der Waals surface area contributed by atoms with Crippen molar-refractivity contribution in [3.05, 3.63) is 11.6 Å². The molecule has 4 aliphatic carbocycles. The topological polar surface area (TPSA) is 91.3 Å². The number of hydrogen-bond acceptors (Lipinski definition) is 7. The van der Waals surface area contributed by atoms with Crippen LogP contribution in [0.3, 0.4) is 0 Å². The summed E-state index contributed by atoms with van der Waals surface area (Å²) in [7, 11) is 1.61. The van der Waals surface area contributed by atoms with Crippen molar-refractivity contribution >= 4 is 11.6 Å². The summed E-state index contributed by atoms with van der Waals surface area (Å²) in [6.07, 6.45) is 4.37. The third-order valence-corrected chi connectivity index (χ3v) is 10.9. The number of Topliss-reactive ketones (excluding diaryl/α,β-unsaturated/α-hetero) is 2. The van der Waals surface area contributed by atoms with Gasteiger partial charge in [-0.15, -0.1) is 0 Å². The molecular formula is C28H40O7. The number of fused-ring (bicyclic) bond motifs is 4. The molecule has 7 heteroatoms. The van der Waals surface area contributed by atoms with Crippen LogP contribution in [0.25, 0.3) is 0 Å². The van der Waals surface area contributed by atoms with Crippen molar-refractivity contribution in [2.45, 2.75) is 109 Å². The Morgan fingerprint density at radius 2 is 1.86 bits per heavy atom. The second-order valence-corrected chi connectivity index (χ2v) is 12.5. The zero-order valence-corrected chi connectivity index (χ0v) is 21.6. The standard InChI is InChI=1S/C28H40O7/c1-13-18-11-19(29)22-17-7-6-15-10-16(35-21-12-20(32-5)24(30)14(2)33-21)8-9-27(15,3)23(17)25(31)26(34-13)28(18,22)4/h6,13-14,16-18,20-24,26,30H,7-12H2,1-5H3/t13-,14+,16-,17-,18-,20+,21?,22-,23+,24-,26-,27-,28+/m0/s1. The highest BCUT2D eigenvalue weighted by Gasteiger charge is 2.72. The lowest BCUT2D eigenvalue weighted by Gasteiger charge is -2.57. The Kier molecular flexibility index (Phi) is 5.67. The molecule has 13 atom stereocenters. The normalized spacial score (nSPS) is 55.3. The number of methoxy groups -OCH3 is 1. The van der Waals surface area contributed by atoms with Crippen LogP contribution in [-0.4, -0.2) is 66.7 Å². The number of hydrogen-bond donors (Lipinski definition) is 1. The van der Waals surface area contributed by atoms with Crippen LogP contribution >= 0.6 is 0 Å². The van der Waals surface area contributed by atoms with Gasteiger partial charge in [0.1, 0.15) is 18.0 Å². The fourth-order valence-electron chi connectivity index (χ4n) is 9.14. The van der Waals surface area contributed by atoms with E-state index >= 15 is 0 Å². The van der Waals surface area contributed by atoms with Crippen LogP contribution in [0, 0.1) is 34.5 Å². The Morgan fingerprint density at radius 3 is 2.60 bits per heavy atom. The lowest BCUT2D eigenvalue weighted by Crippen LogP contribution is -2.61. The van der Waals surface area contributed by atoms with Crippen molar-refractivity contribution in [3.63, 3.8) is 0 Å². The number of aliphatic hydroxyl groups is 1. The summed E-state index contributed by atoms with van der Waals surface area (Å²) >= 11 is 0. The molecule has 6 rings (SSSR count). The first kappa shape index (κ1) is 24.2. The van der Waals surface area contributed by atoms with Gasteiger partial charge in [0.15, 0.2) is 12.1 Å². The van der Waals surface area contributed by atoms with Crippen LogP contribution in [0.5, 0.6) is 0 Å². The second kappa shape index (κ2) is 8.19. The molecule has 0 bridgehead atoms. The van der Waals surface area contributed by atoms with Gasteiger partial charge in [-0.25, -0.2) is 0 Å². The van der Waals surface area contributed by atoms with E-state index in [-0.39, 0.29) is 64.7 Å². The van der Waals surface area contributed by atoms with Gasteiger partial charge in [0, 0.05) is 43.1 Å². The molecule has 1 N–H and O–H groups in total. The van der Waals surface area contributed by atoms with Crippen molar-refractivity contribution in [3.8, 4) is 0 Å². The molecule has 2 heterocycles. The molecule has 0 aromatic heterocycles. The van der Waals surface area contributed by atoms with E-state index in [4.69, 9.17) is 18.9 Å². The lowest BCUT2D eigenvalue weighted by atomic mass is 9.46. The molecule has 0 aromatic carbocycles. The maximum Gasteiger partial charge on any atom is 0.166 e. The predicted molar refractivity (Wildman–Crippen MR) is 126 cm³/mol. The minimum atomic E-state index is -0.658. The van der Waals surface area contributed by atoms with Crippen LogP contribution in [-0.2, 0) is 28.5 Å². The highest BCUT2D eigenvalue weighted by molar-refractivity contribution is 5.96. The Morgan fingerprint density at radius 1 is 1.09 bits per heavy atom. The van der Waals surface area contributed by atoms with Crippen LogP contribution in [0.15, 0.2) is 11.6 Å². The number of ether oxygens (including phenoxy) is 4. The van der Waals surface area contributed by atoms with Gasteiger partial charge in [0.05, 0.1) is 24.4 Å². The van der Waals surface area contributed by atoms with Gasteiger partial charge >= 0.3 is 0 Å². The molecule has 194 valence electrons. The van der Waals surface area contributed by atoms with Crippen molar-refractivity contribution in [1.29, 1.82) is 0 Å². The van der Waals surface area contributed by atoms with E-state index < -0.39 is 18.5 Å². The first-order chi connectivity index (χ1) is 16.6. The van der Waals surface area contributed by atoms with E-state index in [9.17, 15) is 14.7 Å². The second-order valence-electron chi connectivity index (χ2n) is 12.5. The molecule has 0 spiro atoms. The Balaban J connectivity index is 1.23. The molecule has 0 radical (unpaired) electrons. The molecule has 0 aromatic rings. The van der Waals surface area contributed by atoms with E-state index in [0.29, 0.717) is 18.6 Å². The predicted octanol–water partition coefficient (Wildman–Crippen LogP) is 3.22. The number of allylic oxidation sites excluding steroid dienone is 1. The summed E-state index contributed by atoms with van der Waals surface area (Å²) in [6.45, 7) is 8.27. The monoisotopic (exact) mass is 488 g/mol. The minimum Gasteiger partial charge on any atom is -0.388 e. The molecule has 0 amide bonds. The summed E-state index contributed by atoms with van der Waals surface area (Å²) < 4.78 is 24.1. The summed E-state index contributed by atoms with van der Waals surface area (Å²) in [6, 6.07) is 0. The molecular weight excluding hydrogens is 448 g/mol. The number of rotatable bonds is 3. The quantitative estimate of drug-likeness (QED) is 0.610. The van der Waals surface area contributed by atoms with Gasteiger partial charge < -0.3 is 24.1 Å². The molecule has 5 fully saturated rings. The average molecular weight is 489 g/mol. The molecule has 2 aliphatic heterocycles. The molecule has 6 aliphatic rings. The maximum absolute atomic E-state index is 14.1. The zero-order valence-electron chi connectivity index (χ0n) is 21.6. The molecule has 1 unspecified atom stereocenters. The summed E-state index contributed by atoms with van der Waals surface area (Å²) in [5, 5.41) is 10.3. The molecule has 7 nitrogen and oxygen atoms in total. The van der Waals surface area contributed by atoms with Gasteiger partial charge in [-0.3, -0.25) is 9.59 Å². The van der Waals surface area contributed by atoms with E-state index in [2.05, 4.69) is 19.9 Å².